The second-order valence-corrected chi connectivity index (χ2v) is 14.1. The van der Waals surface area contributed by atoms with Gasteiger partial charge in [-0.2, -0.15) is 0 Å². The first-order valence-corrected chi connectivity index (χ1v) is 17.3. The number of hydrogen-bond donors (Lipinski definition) is 1. The first-order valence-electron chi connectivity index (χ1n) is 17.3. The van der Waals surface area contributed by atoms with Gasteiger partial charge in [-0.3, -0.25) is 4.79 Å². The molecule has 1 spiro atoms. The maximum absolute atomic E-state index is 13.6. The Bertz CT molecular complexity index is 1030. The Morgan fingerprint density at radius 3 is 2.56 bits per heavy atom. The number of rotatable bonds is 11. The van der Waals surface area contributed by atoms with E-state index in [4.69, 9.17) is 14.2 Å². The molecule has 6 rings (SSSR count). The lowest BCUT2D eigenvalue weighted by molar-refractivity contribution is -0.209. The van der Waals surface area contributed by atoms with Gasteiger partial charge < -0.3 is 19.5 Å². The van der Waals surface area contributed by atoms with Crippen LogP contribution in [0.2, 0.25) is 0 Å². The van der Waals surface area contributed by atoms with Crippen molar-refractivity contribution < 1.29 is 19.0 Å². The molecule has 1 saturated heterocycles. The Balaban J connectivity index is 1.09. The van der Waals surface area contributed by atoms with E-state index in [1.54, 1.807) is 0 Å². The minimum atomic E-state index is -0.273. The van der Waals surface area contributed by atoms with Crippen LogP contribution >= 0.6 is 0 Å². The van der Waals surface area contributed by atoms with Crippen LogP contribution in [-0.2, 0) is 14.3 Å². The molecule has 4 saturated carbocycles. The van der Waals surface area contributed by atoms with Gasteiger partial charge in [0.15, 0.2) is 5.79 Å². The van der Waals surface area contributed by atoms with Gasteiger partial charge in [-0.05, 0) is 111 Å². The number of benzene rings is 1. The Kier molecular flexibility index (Phi) is 9.15. The number of hydrogen-bond acceptors (Lipinski definition) is 5. The minimum Gasteiger partial charge on any atom is -0.494 e. The standard InChI is InChI=1S/C36H55NO4/c1-4-8-33(37-27(5-2)6-3)25-9-7-10-28(23-25)39-20-19-35-17-15-30-29-16-18-36(40-21-22-41-36)24-26(29)11-12-31(30)32(35)13-14-34(35)38/h7,9-10,23,26-27,29-33,37H,4-6,8,11-22,24H2,1-3H3/t26?,29?,30?,31?,32?,33?,35-/m1/s1. The molecule has 1 aromatic rings. The van der Waals surface area contributed by atoms with Crippen LogP contribution in [0.5, 0.6) is 5.75 Å². The second kappa shape index (κ2) is 12.7. The highest BCUT2D eigenvalue weighted by molar-refractivity contribution is 5.87. The smallest absolute Gasteiger partial charge is 0.168 e. The van der Waals surface area contributed by atoms with E-state index in [-0.39, 0.29) is 11.2 Å². The van der Waals surface area contributed by atoms with Crippen molar-refractivity contribution >= 4 is 5.78 Å². The van der Waals surface area contributed by atoms with Crippen LogP contribution in [0.1, 0.15) is 122 Å². The lowest BCUT2D eigenvalue weighted by atomic mass is 9.49. The summed E-state index contributed by atoms with van der Waals surface area (Å²) in [5, 5.41) is 3.89. The maximum atomic E-state index is 13.6. The third-order valence-corrected chi connectivity index (χ3v) is 12.3. The Hall–Kier alpha value is -1.43. The van der Waals surface area contributed by atoms with Gasteiger partial charge in [0.2, 0.25) is 0 Å². The summed E-state index contributed by atoms with van der Waals surface area (Å²) in [6.45, 7) is 8.97. The third kappa shape index (κ3) is 5.77. The van der Waals surface area contributed by atoms with Gasteiger partial charge >= 0.3 is 0 Å². The molecule has 228 valence electrons. The average Bonchev–Trinajstić information content (AvgIpc) is 3.59. The highest BCUT2D eigenvalue weighted by Crippen LogP contribution is 2.63. The van der Waals surface area contributed by atoms with E-state index in [0.717, 1.165) is 101 Å². The normalized spacial score (nSPS) is 34.8. The summed E-state index contributed by atoms with van der Waals surface area (Å²) in [5.41, 5.74) is 1.17. The van der Waals surface area contributed by atoms with E-state index in [1.807, 2.05) is 0 Å². The van der Waals surface area contributed by atoms with Gasteiger partial charge in [0.25, 0.3) is 0 Å². The number of nitrogens with one attached hydrogen (secondary N) is 1. The summed E-state index contributed by atoms with van der Waals surface area (Å²) in [6.07, 6.45) is 15.6. The molecule has 7 atom stereocenters. The van der Waals surface area contributed by atoms with Crippen molar-refractivity contribution in [2.75, 3.05) is 19.8 Å². The van der Waals surface area contributed by atoms with Crippen molar-refractivity contribution in [3.8, 4) is 5.75 Å². The highest BCUT2D eigenvalue weighted by atomic mass is 16.7. The second-order valence-electron chi connectivity index (χ2n) is 14.1. The largest absolute Gasteiger partial charge is 0.494 e. The van der Waals surface area contributed by atoms with Crippen LogP contribution in [0.4, 0.5) is 0 Å². The van der Waals surface area contributed by atoms with Crippen molar-refractivity contribution in [1.82, 2.24) is 5.32 Å². The SMILES string of the molecule is CCCC(NC(CC)CC)c1cccc(OCC[C@]23CCC4C5CCC6(CC5CCC4C2CCC3=O)OCCO6)c1. The fourth-order valence-corrected chi connectivity index (χ4v) is 10.2. The third-order valence-electron chi connectivity index (χ3n) is 12.3. The molecule has 0 amide bonds. The Morgan fingerprint density at radius 2 is 1.78 bits per heavy atom. The molecule has 0 radical (unpaired) electrons. The van der Waals surface area contributed by atoms with Gasteiger partial charge in [0.05, 0.1) is 19.8 Å². The molecule has 5 fully saturated rings. The van der Waals surface area contributed by atoms with Crippen LogP contribution in [0.3, 0.4) is 0 Å². The van der Waals surface area contributed by atoms with Crippen LogP contribution in [0, 0.1) is 35.0 Å². The van der Waals surface area contributed by atoms with Crippen LogP contribution < -0.4 is 10.1 Å². The van der Waals surface area contributed by atoms with Crippen molar-refractivity contribution in [1.29, 1.82) is 0 Å². The van der Waals surface area contributed by atoms with E-state index < -0.39 is 0 Å². The molecule has 1 aromatic carbocycles. The number of Topliss-reactive ketones (excluding diaryl/α,β-unsaturated/α-hetero) is 1. The summed E-state index contributed by atoms with van der Waals surface area (Å²) in [6, 6.07) is 9.63. The predicted molar refractivity (Wildman–Crippen MR) is 163 cm³/mol. The molecule has 41 heavy (non-hydrogen) atoms. The molecule has 1 N–H and O–H groups in total. The Morgan fingerprint density at radius 1 is 0.976 bits per heavy atom. The van der Waals surface area contributed by atoms with E-state index in [1.165, 1.54) is 31.2 Å². The lowest BCUT2D eigenvalue weighted by Crippen LogP contribution is -2.52. The summed E-state index contributed by atoms with van der Waals surface area (Å²) >= 11 is 0. The van der Waals surface area contributed by atoms with Gasteiger partial charge in [0.1, 0.15) is 11.5 Å². The van der Waals surface area contributed by atoms with E-state index in [0.29, 0.717) is 36.3 Å². The molecular formula is C36H55NO4. The van der Waals surface area contributed by atoms with Crippen molar-refractivity contribution in [3.05, 3.63) is 29.8 Å². The molecule has 5 aliphatic rings. The van der Waals surface area contributed by atoms with E-state index in [9.17, 15) is 4.79 Å². The number of carbonyl (C=O) groups excluding carboxylic acids is 1. The minimum absolute atomic E-state index is 0.152. The predicted octanol–water partition coefficient (Wildman–Crippen LogP) is 8.02. The quantitative estimate of drug-likeness (QED) is 0.294. The maximum Gasteiger partial charge on any atom is 0.168 e. The molecule has 0 bridgehead atoms. The molecule has 4 aliphatic carbocycles. The molecule has 1 aliphatic heterocycles. The zero-order valence-electron chi connectivity index (χ0n) is 26.0. The van der Waals surface area contributed by atoms with Crippen LogP contribution in [0.25, 0.3) is 0 Å². The zero-order valence-corrected chi connectivity index (χ0v) is 26.0. The van der Waals surface area contributed by atoms with E-state index in [2.05, 4.69) is 50.4 Å². The van der Waals surface area contributed by atoms with Gasteiger partial charge in [0, 0.05) is 36.8 Å². The molecule has 0 aromatic heterocycles. The fraction of sp³-hybridized carbons (Fsp3) is 0.806. The zero-order chi connectivity index (χ0) is 28.5. The average molecular weight is 566 g/mol. The van der Waals surface area contributed by atoms with Gasteiger partial charge in [-0.1, -0.05) is 39.3 Å². The van der Waals surface area contributed by atoms with Crippen molar-refractivity contribution in [2.45, 2.75) is 129 Å². The number of carbonyl (C=O) groups is 1. The first-order chi connectivity index (χ1) is 20.0. The lowest BCUT2D eigenvalue weighted by Gasteiger charge is -2.56. The monoisotopic (exact) mass is 565 g/mol. The van der Waals surface area contributed by atoms with E-state index >= 15 is 0 Å². The van der Waals surface area contributed by atoms with Crippen molar-refractivity contribution in [2.24, 2.45) is 35.0 Å². The fourth-order valence-electron chi connectivity index (χ4n) is 10.2. The number of ketones is 1. The van der Waals surface area contributed by atoms with Crippen LogP contribution in [-0.4, -0.2) is 37.4 Å². The number of fused-ring (bicyclic) bond motifs is 5. The molecule has 5 heteroatoms. The molecular weight excluding hydrogens is 510 g/mol. The summed E-state index contributed by atoms with van der Waals surface area (Å²) in [7, 11) is 0. The van der Waals surface area contributed by atoms with Gasteiger partial charge in [-0.15, -0.1) is 0 Å². The van der Waals surface area contributed by atoms with Gasteiger partial charge in [-0.25, -0.2) is 0 Å². The molecule has 6 unspecified atom stereocenters. The van der Waals surface area contributed by atoms with Crippen molar-refractivity contribution in [3.63, 3.8) is 0 Å². The topological polar surface area (TPSA) is 56.8 Å². The van der Waals surface area contributed by atoms with Crippen LogP contribution in [0.15, 0.2) is 24.3 Å². The first kappa shape index (κ1) is 29.6. The molecule has 1 heterocycles. The number of ether oxygens (including phenoxy) is 3. The highest BCUT2D eigenvalue weighted by Gasteiger charge is 2.60. The molecule has 5 nitrogen and oxygen atoms in total. The summed E-state index contributed by atoms with van der Waals surface area (Å²) in [5.74, 6) is 4.80. The Labute approximate surface area is 248 Å². The summed E-state index contributed by atoms with van der Waals surface area (Å²) in [4.78, 5) is 13.6. The summed E-state index contributed by atoms with van der Waals surface area (Å²) < 4.78 is 18.7.